The minimum atomic E-state index is 0.554. The highest BCUT2D eigenvalue weighted by molar-refractivity contribution is 5.35. The van der Waals surface area contributed by atoms with E-state index < -0.39 is 0 Å². The summed E-state index contributed by atoms with van der Waals surface area (Å²) >= 11 is 0. The molecule has 0 heterocycles. The van der Waals surface area contributed by atoms with Crippen molar-refractivity contribution < 1.29 is 0 Å². The van der Waals surface area contributed by atoms with Crippen molar-refractivity contribution in [2.75, 3.05) is 0 Å². The van der Waals surface area contributed by atoms with Crippen LogP contribution in [0.2, 0.25) is 0 Å². The van der Waals surface area contributed by atoms with E-state index in [0.717, 1.165) is 0 Å². The third kappa shape index (κ3) is 3.13. The molecule has 66 valence electrons. The Bertz CT molecular complexity index is 293. The van der Waals surface area contributed by atoms with Gasteiger partial charge in [-0.15, -0.1) is 0 Å². The van der Waals surface area contributed by atoms with Crippen molar-refractivity contribution in [1.29, 1.82) is 10.5 Å². The van der Waals surface area contributed by atoms with Gasteiger partial charge < -0.3 is 0 Å². The van der Waals surface area contributed by atoms with Gasteiger partial charge in [0.1, 0.15) is 0 Å². The van der Waals surface area contributed by atoms with Crippen LogP contribution in [0.15, 0.2) is 23.8 Å². The van der Waals surface area contributed by atoms with Gasteiger partial charge in [-0.05, 0) is 24.8 Å². The Labute approximate surface area is 78.8 Å². The summed E-state index contributed by atoms with van der Waals surface area (Å²) in [6, 6.07) is 3.97. The first-order chi connectivity index (χ1) is 6.36. The molecule has 0 aromatic heterocycles. The van der Waals surface area contributed by atoms with Crippen LogP contribution in [0.3, 0.4) is 0 Å². The molecule has 0 spiro atoms. The van der Waals surface area contributed by atoms with Crippen LogP contribution in [-0.4, -0.2) is 0 Å². The SMILES string of the molecule is N#C/C=C/C(C#N)=C/C1CCCC1. The third-order valence-electron chi connectivity index (χ3n) is 2.28. The highest BCUT2D eigenvalue weighted by Crippen LogP contribution is 2.26. The largest absolute Gasteiger partial charge is 0.193 e. The van der Waals surface area contributed by atoms with E-state index >= 15 is 0 Å². The Balaban J connectivity index is 2.60. The average Bonchev–Trinajstić information content (AvgIpc) is 2.64. The van der Waals surface area contributed by atoms with Crippen molar-refractivity contribution in [2.24, 2.45) is 5.92 Å². The Morgan fingerprint density at radius 1 is 1.23 bits per heavy atom. The zero-order chi connectivity index (χ0) is 9.52. The summed E-state index contributed by atoms with van der Waals surface area (Å²) in [6.45, 7) is 0. The first-order valence-electron chi connectivity index (χ1n) is 4.55. The molecule has 2 nitrogen and oxygen atoms in total. The van der Waals surface area contributed by atoms with Crippen LogP contribution in [0.1, 0.15) is 25.7 Å². The molecule has 0 aliphatic heterocycles. The lowest BCUT2D eigenvalue weighted by Crippen LogP contribution is -1.88. The second kappa shape index (κ2) is 5.17. The van der Waals surface area contributed by atoms with E-state index in [4.69, 9.17) is 10.5 Å². The summed E-state index contributed by atoms with van der Waals surface area (Å²) in [5, 5.41) is 17.0. The molecule has 0 atom stereocenters. The highest BCUT2D eigenvalue weighted by atomic mass is 14.3. The molecule has 0 aromatic rings. The fourth-order valence-electron chi connectivity index (χ4n) is 1.64. The maximum atomic E-state index is 8.73. The quantitative estimate of drug-likeness (QED) is 0.475. The first kappa shape index (κ1) is 9.55. The number of nitrogens with zero attached hydrogens (tertiary/aromatic N) is 2. The molecular weight excluding hydrogens is 160 g/mol. The van der Waals surface area contributed by atoms with Crippen molar-refractivity contribution in [3.8, 4) is 12.1 Å². The van der Waals surface area contributed by atoms with Crippen molar-refractivity contribution in [1.82, 2.24) is 0 Å². The van der Waals surface area contributed by atoms with Crippen molar-refractivity contribution in [2.45, 2.75) is 25.7 Å². The lowest BCUT2D eigenvalue weighted by Gasteiger charge is -1.99. The summed E-state index contributed by atoms with van der Waals surface area (Å²) in [4.78, 5) is 0. The van der Waals surface area contributed by atoms with Gasteiger partial charge in [-0.1, -0.05) is 18.9 Å². The molecular formula is C11H12N2. The molecule has 2 heteroatoms. The predicted octanol–water partition coefficient (Wildman–Crippen LogP) is 2.71. The second-order valence-corrected chi connectivity index (χ2v) is 3.24. The second-order valence-electron chi connectivity index (χ2n) is 3.24. The lowest BCUT2D eigenvalue weighted by atomic mass is 10.0. The van der Waals surface area contributed by atoms with Gasteiger partial charge in [-0.25, -0.2) is 0 Å². The summed E-state index contributed by atoms with van der Waals surface area (Å²) < 4.78 is 0. The van der Waals surface area contributed by atoms with Crippen LogP contribution in [0.25, 0.3) is 0 Å². The van der Waals surface area contributed by atoms with Crippen molar-refractivity contribution in [3.05, 3.63) is 23.8 Å². The molecule has 1 fully saturated rings. The van der Waals surface area contributed by atoms with E-state index in [2.05, 4.69) is 6.07 Å². The van der Waals surface area contributed by atoms with Crippen LogP contribution in [-0.2, 0) is 0 Å². The van der Waals surface area contributed by atoms with Crippen molar-refractivity contribution in [3.63, 3.8) is 0 Å². The van der Waals surface area contributed by atoms with Gasteiger partial charge in [-0.3, -0.25) is 0 Å². The topological polar surface area (TPSA) is 47.6 Å². The molecule has 1 aliphatic carbocycles. The van der Waals surface area contributed by atoms with Crippen LogP contribution in [0, 0.1) is 28.6 Å². The van der Waals surface area contributed by atoms with E-state index in [9.17, 15) is 0 Å². The number of allylic oxidation sites excluding steroid dienone is 4. The van der Waals surface area contributed by atoms with Gasteiger partial charge in [0.2, 0.25) is 0 Å². The van der Waals surface area contributed by atoms with Gasteiger partial charge in [0.25, 0.3) is 0 Å². The molecule has 0 saturated heterocycles. The Morgan fingerprint density at radius 3 is 2.46 bits per heavy atom. The van der Waals surface area contributed by atoms with E-state index in [1.54, 1.807) is 6.08 Å². The van der Waals surface area contributed by atoms with Crippen LogP contribution < -0.4 is 0 Å². The maximum absolute atomic E-state index is 8.73. The maximum Gasteiger partial charge on any atom is 0.0988 e. The molecule has 0 N–H and O–H groups in total. The van der Waals surface area contributed by atoms with E-state index in [1.165, 1.54) is 31.8 Å². The monoisotopic (exact) mass is 172 g/mol. The molecule has 0 aromatic carbocycles. The van der Waals surface area contributed by atoms with Gasteiger partial charge in [0.15, 0.2) is 0 Å². The average molecular weight is 172 g/mol. The molecule has 13 heavy (non-hydrogen) atoms. The van der Waals surface area contributed by atoms with Crippen LogP contribution in [0.5, 0.6) is 0 Å². The van der Waals surface area contributed by atoms with Crippen molar-refractivity contribution >= 4 is 0 Å². The van der Waals surface area contributed by atoms with Crippen LogP contribution in [0.4, 0.5) is 0 Å². The molecule has 1 saturated carbocycles. The summed E-state index contributed by atoms with van der Waals surface area (Å²) in [5.41, 5.74) is 0.619. The molecule has 0 amide bonds. The highest BCUT2D eigenvalue weighted by Gasteiger charge is 2.12. The van der Waals surface area contributed by atoms with E-state index in [-0.39, 0.29) is 0 Å². The Kier molecular flexibility index (Phi) is 3.79. The summed E-state index contributed by atoms with van der Waals surface area (Å²) in [7, 11) is 0. The number of nitriles is 2. The minimum absolute atomic E-state index is 0.554. The molecule has 1 rings (SSSR count). The van der Waals surface area contributed by atoms with E-state index in [0.29, 0.717) is 11.5 Å². The molecule has 0 bridgehead atoms. The summed E-state index contributed by atoms with van der Waals surface area (Å²) in [6.07, 6.45) is 9.82. The zero-order valence-electron chi connectivity index (χ0n) is 7.53. The third-order valence-corrected chi connectivity index (χ3v) is 2.28. The van der Waals surface area contributed by atoms with Crippen LogP contribution >= 0.6 is 0 Å². The first-order valence-corrected chi connectivity index (χ1v) is 4.55. The smallest absolute Gasteiger partial charge is 0.0988 e. The fraction of sp³-hybridized carbons (Fsp3) is 0.455. The lowest BCUT2D eigenvalue weighted by molar-refractivity contribution is 0.684. The standard InChI is InChI=1S/C11H12N2/c12-7-3-6-11(9-13)8-10-4-1-2-5-10/h3,6,8,10H,1-2,4-5H2/b6-3+,11-8-. The minimum Gasteiger partial charge on any atom is -0.193 e. The molecule has 0 unspecified atom stereocenters. The molecule has 1 aliphatic rings. The van der Waals surface area contributed by atoms with Gasteiger partial charge in [0.05, 0.1) is 12.1 Å². The number of rotatable bonds is 2. The van der Waals surface area contributed by atoms with Gasteiger partial charge in [-0.2, -0.15) is 10.5 Å². The number of hydrogen-bond donors (Lipinski definition) is 0. The molecule has 0 radical (unpaired) electrons. The Hall–Kier alpha value is -1.54. The van der Waals surface area contributed by atoms with Gasteiger partial charge in [0, 0.05) is 11.6 Å². The Morgan fingerprint density at radius 2 is 1.92 bits per heavy atom. The number of hydrogen-bond acceptors (Lipinski definition) is 2. The normalized spacial score (nSPS) is 18.8. The van der Waals surface area contributed by atoms with E-state index in [1.807, 2.05) is 12.1 Å². The fourth-order valence-corrected chi connectivity index (χ4v) is 1.64. The summed E-state index contributed by atoms with van der Waals surface area (Å²) in [5.74, 6) is 0.554. The van der Waals surface area contributed by atoms with Gasteiger partial charge >= 0.3 is 0 Å². The predicted molar refractivity (Wildman–Crippen MR) is 50.4 cm³/mol. The zero-order valence-corrected chi connectivity index (χ0v) is 7.53.